The molecule has 0 radical (unpaired) electrons. The zero-order chi connectivity index (χ0) is 18.5. The summed E-state index contributed by atoms with van der Waals surface area (Å²) in [7, 11) is 1.36. The lowest BCUT2D eigenvalue weighted by Crippen LogP contribution is -2.41. The van der Waals surface area contributed by atoms with Gasteiger partial charge in [0.25, 0.3) is 0 Å². The number of ether oxygens (including phenoxy) is 1. The summed E-state index contributed by atoms with van der Waals surface area (Å²) in [6, 6.07) is 1.87. The third kappa shape index (κ3) is 4.42. The molecule has 8 nitrogen and oxygen atoms in total. The first-order valence-electron chi connectivity index (χ1n) is 9.31. The second-order valence-corrected chi connectivity index (χ2v) is 6.90. The van der Waals surface area contributed by atoms with Gasteiger partial charge >= 0.3 is 5.97 Å². The van der Waals surface area contributed by atoms with Gasteiger partial charge in [0.1, 0.15) is 5.82 Å². The average Bonchev–Trinajstić information content (AvgIpc) is 2.68. The molecule has 2 fully saturated rings. The minimum absolute atomic E-state index is 0.117. The molecule has 1 aromatic rings. The average molecular weight is 361 g/mol. The summed E-state index contributed by atoms with van der Waals surface area (Å²) in [5.41, 5.74) is 0.270. The van der Waals surface area contributed by atoms with Crippen molar-refractivity contribution in [2.45, 2.75) is 45.1 Å². The van der Waals surface area contributed by atoms with Crippen LogP contribution in [0.2, 0.25) is 0 Å². The fourth-order valence-corrected chi connectivity index (χ4v) is 3.50. The van der Waals surface area contributed by atoms with Crippen molar-refractivity contribution < 1.29 is 14.3 Å². The number of aromatic nitrogens is 2. The molecule has 2 aliphatic heterocycles. The number of carbonyl (C=O) groups excluding carboxylic acids is 2. The molecule has 1 amide bonds. The summed E-state index contributed by atoms with van der Waals surface area (Å²) in [6.07, 6.45) is 5.15. The molecule has 0 bridgehead atoms. The summed E-state index contributed by atoms with van der Waals surface area (Å²) in [6.45, 7) is 4.88. The molecule has 0 spiro atoms. The Kier molecular flexibility index (Phi) is 5.90. The van der Waals surface area contributed by atoms with Crippen LogP contribution in [-0.2, 0) is 9.53 Å². The fourth-order valence-electron chi connectivity index (χ4n) is 3.50. The largest absolute Gasteiger partial charge is 0.464 e. The van der Waals surface area contributed by atoms with Crippen LogP contribution in [-0.4, -0.2) is 66.1 Å². The SMILES string of the molecule is COC(=O)c1cc(NC2CCN(C(C)=O)CC2)nc(N2CCCCC2)n1. The molecule has 1 aromatic heterocycles. The Morgan fingerprint density at radius 3 is 2.42 bits per heavy atom. The van der Waals surface area contributed by atoms with E-state index in [9.17, 15) is 9.59 Å². The van der Waals surface area contributed by atoms with Gasteiger partial charge in [0, 0.05) is 45.2 Å². The number of anilines is 2. The van der Waals surface area contributed by atoms with Crippen molar-refractivity contribution in [3.8, 4) is 0 Å². The first-order chi connectivity index (χ1) is 12.6. The van der Waals surface area contributed by atoms with Gasteiger partial charge < -0.3 is 19.9 Å². The zero-order valence-corrected chi connectivity index (χ0v) is 15.5. The highest BCUT2D eigenvalue weighted by Crippen LogP contribution is 2.21. The molecule has 3 heterocycles. The van der Waals surface area contributed by atoms with E-state index < -0.39 is 5.97 Å². The van der Waals surface area contributed by atoms with E-state index >= 15 is 0 Å². The second kappa shape index (κ2) is 8.33. The number of piperidine rings is 2. The summed E-state index contributed by atoms with van der Waals surface area (Å²) in [5, 5.41) is 3.42. The van der Waals surface area contributed by atoms with Crippen LogP contribution < -0.4 is 10.2 Å². The minimum atomic E-state index is -0.458. The third-order valence-electron chi connectivity index (χ3n) is 5.04. The maximum absolute atomic E-state index is 12.0. The molecule has 0 unspecified atom stereocenters. The van der Waals surface area contributed by atoms with Crippen LogP contribution in [0.25, 0.3) is 0 Å². The predicted octanol–water partition coefficient (Wildman–Crippen LogP) is 1.68. The molecule has 3 rings (SSSR count). The molecule has 0 atom stereocenters. The summed E-state index contributed by atoms with van der Waals surface area (Å²) >= 11 is 0. The molecule has 0 saturated carbocycles. The molecule has 26 heavy (non-hydrogen) atoms. The Labute approximate surface area is 153 Å². The Morgan fingerprint density at radius 2 is 1.81 bits per heavy atom. The molecule has 0 aromatic carbocycles. The number of esters is 1. The monoisotopic (exact) mass is 361 g/mol. The first kappa shape index (κ1) is 18.4. The van der Waals surface area contributed by atoms with E-state index in [-0.39, 0.29) is 17.6 Å². The van der Waals surface area contributed by atoms with Crippen LogP contribution in [0.3, 0.4) is 0 Å². The van der Waals surface area contributed by atoms with Gasteiger partial charge in [-0.2, -0.15) is 4.98 Å². The van der Waals surface area contributed by atoms with Gasteiger partial charge in [0.05, 0.1) is 7.11 Å². The Hall–Kier alpha value is -2.38. The number of nitrogens with one attached hydrogen (secondary N) is 1. The maximum Gasteiger partial charge on any atom is 0.356 e. The highest BCUT2D eigenvalue weighted by Gasteiger charge is 2.23. The smallest absolute Gasteiger partial charge is 0.356 e. The van der Waals surface area contributed by atoms with E-state index in [4.69, 9.17) is 4.74 Å². The fraction of sp³-hybridized carbons (Fsp3) is 0.667. The van der Waals surface area contributed by atoms with Gasteiger partial charge in [-0.05, 0) is 32.1 Å². The second-order valence-electron chi connectivity index (χ2n) is 6.90. The van der Waals surface area contributed by atoms with Crippen LogP contribution in [0, 0.1) is 0 Å². The molecule has 2 saturated heterocycles. The Balaban J connectivity index is 1.75. The molecule has 142 valence electrons. The van der Waals surface area contributed by atoms with Crippen molar-refractivity contribution in [1.82, 2.24) is 14.9 Å². The number of hydrogen-bond acceptors (Lipinski definition) is 7. The van der Waals surface area contributed by atoms with E-state index in [1.807, 2.05) is 4.90 Å². The Bertz CT molecular complexity index is 652. The van der Waals surface area contributed by atoms with Gasteiger partial charge in [0.15, 0.2) is 5.69 Å². The summed E-state index contributed by atoms with van der Waals surface area (Å²) < 4.78 is 4.84. The highest BCUT2D eigenvalue weighted by atomic mass is 16.5. The number of hydrogen-bond donors (Lipinski definition) is 1. The van der Waals surface area contributed by atoms with Crippen LogP contribution in [0.5, 0.6) is 0 Å². The topological polar surface area (TPSA) is 87.7 Å². The van der Waals surface area contributed by atoms with Crippen molar-refractivity contribution in [3.63, 3.8) is 0 Å². The molecule has 0 aliphatic carbocycles. The molecular formula is C18H27N5O3. The van der Waals surface area contributed by atoms with E-state index in [0.717, 1.165) is 51.9 Å². The highest BCUT2D eigenvalue weighted by molar-refractivity contribution is 5.88. The van der Waals surface area contributed by atoms with Gasteiger partial charge in [-0.3, -0.25) is 4.79 Å². The Morgan fingerprint density at radius 1 is 1.12 bits per heavy atom. The molecule has 1 N–H and O–H groups in total. The number of likely N-dealkylation sites (tertiary alicyclic amines) is 1. The van der Waals surface area contributed by atoms with Gasteiger partial charge in [-0.1, -0.05) is 0 Å². The zero-order valence-electron chi connectivity index (χ0n) is 15.5. The number of amides is 1. The van der Waals surface area contributed by atoms with Crippen molar-refractivity contribution in [3.05, 3.63) is 11.8 Å². The molecule has 2 aliphatic rings. The van der Waals surface area contributed by atoms with E-state index in [1.54, 1.807) is 13.0 Å². The normalized spacial score (nSPS) is 18.5. The minimum Gasteiger partial charge on any atom is -0.464 e. The quantitative estimate of drug-likeness (QED) is 0.816. The maximum atomic E-state index is 12.0. The van der Waals surface area contributed by atoms with Gasteiger partial charge in [-0.25, -0.2) is 9.78 Å². The van der Waals surface area contributed by atoms with Crippen LogP contribution in [0.4, 0.5) is 11.8 Å². The number of methoxy groups -OCH3 is 1. The van der Waals surface area contributed by atoms with Crippen molar-refractivity contribution >= 4 is 23.6 Å². The third-order valence-corrected chi connectivity index (χ3v) is 5.04. The standard InChI is InChI=1S/C18H27N5O3/c1-13(24)22-10-6-14(7-11-22)19-16-12-15(17(25)26-2)20-18(21-16)23-8-4-3-5-9-23/h12,14H,3-11H2,1-2H3,(H,19,20,21). The first-order valence-corrected chi connectivity index (χ1v) is 9.31. The summed E-state index contributed by atoms with van der Waals surface area (Å²) in [4.78, 5) is 36.5. The van der Waals surface area contributed by atoms with Gasteiger partial charge in [-0.15, -0.1) is 0 Å². The number of carbonyl (C=O) groups is 2. The number of rotatable bonds is 4. The lowest BCUT2D eigenvalue weighted by Gasteiger charge is -2.32. The lowest BCUT2D eigenvalue weighted by atomic mass is 10.1. The lowest BCUT2D eigenvalue weighted by molar-refractivity contribution is -0.129. The predicted molar refractivity (Wildman–Crippen MR) is 98.3 cm³/mol. The van der Waals surface area contributed by atoms with Crippen molar-refractivity contribution in [1.29, 1.82) is 0 Å². The molecule has 8 heteroatoms. The van der Waals surface area contributed by atoms with E-state index in [0.29, 0.717) is 11.8 Å². The van der Waals surface area contributed by atoms with Crippen LogP contribution in [0.15, 0.2) is 6.07 Å². The number of nitrogens with zero attached hydrogens (tertiary/aromatic N) is 4. The van der Waals surface area contributed by atoms with E-state index in [1.165, 1.54) is 13.5 Å². The van der Waals surface area contributed by atoms with E-state index in [2.05, 4.69) is 20.2 Å². The molecular weight excluding hydrogens is 334 g/mol. The van der Waals surface area contributed by atoms with Crippen LogP contribution in [0.1, 0.15) is 49.5 Å². The summed E-state index contributed by atoms with van der Waals surface area (Å²) in [5.74, 6) is 0.879. The van der Waals surface area contributed by atoms with Crippen LogP contribution >= 0.6 is 0 Å². The van der Waals surface area contributed by atoms with Crippen molar-refractivity contribution in [2.75, 3.05) is 43.5 Å². The van der Waals surface area contributed by atoms with Crippen molar-refractivity contribution in [2.24, 2.45) is 0 Å². The van der Waals surface area contributed by atoms with Gasteiger partial charge in [0.2, 0.25) is 11.9 Å².